The highest BCUT2D eigenvalue weighted by atomic mass is 15.4. The summed E-state index contributed by atoms with van der Waals surface area (Å²) < 4.78 is 0. The molecule has 612 valence electrons. The first-order valence-electron chi connectivity index (χ1n) is 50.4. The van der Waals surface area contributed by atoms with Crippen LogP contribution in [-0.4, -0.2) is 74.0 Å². The van der Waals surface area contributed by atoms with E-state index in [-0.39, 0.29) is 0 Å². The Morgan fingerprint density at radius 1 is 0.0741 bits per heavy atom. The Bertz CT molecular complexity index is 1990. The van der Waals surface area contributed by atoms with E-state index >= 15 is 0 Å². The van der Waals surface area contributed by atoms with Crippen LogP contribution in [0.4, 0.5) is 0 Å². The fourth-order valence-electron chi connectivity index (χ4n) is 30.7. The van der Waals surface area contributed by atoms with E-state index in [1.54, 1.807) is 0 Å². The van der Waals surface area contributed by atoms with Crippen molar-refractivity contribution < 1.29 is 0 Å². The molecule has 12 nitrogen and oxygen atoms in total. The lowest BCUT2D eigenvalue weighted by Crippen LogP contribution is -2.72. The van der Waals surface area contributed by atoms with E-state index in [9.17, 15) is 0 Å². The van der Waals surface area contributed by atoms with E-state index in [0.717, 1.165) is 142 Å². The Hall–Kier alpha value is -0.480. The predicted octanol–water partition coefficient (Wildman–Crippen LogP) is 19.4. The van der Waals surface area contributed by atoms with Gasteiger partial charge in [-0.05, 0) is 296 Å². The highest BCUT2D eigenvalue weighted by Gasteiger charge is 2.48. The predicted molar refractivity (Wildman–Crippen MR) is 444 cm³/mol. The summed E-state index contributed by atoms with van der Waals surface area (Å²) in [7, 11) is 0. The van der Waals surface area contributed by atoms with Gasteiger partial charge in [-0.3, -0.25) is 63.8 Å². The van der Waals surface area contributed by atoms with E-state index in [4.69, 9.17) is 0 Å². The van der Waals surface area contributed by atoms with Crippen molar-refractivity contribution in [2.75, 3.05) is 0 Å². The average Bonchev–Trinajstić information content (AvgIpc) is 0.816. The van der Waals surface area contributed by atoms with Crippen molar-refractivity contribution in [3.63, 3.8) is 0 Å². The van der Waals surface area contributed by atoms with Gasteiger partial charge in [-0.2, -0.15) is 0 Å². The van der Waals surface area contributed by atoms with Gasteiger partial charge in [0.2, 0.25) is 0 Å². The first kappa shape index (κ1) is 77.4. The summed E-state index contributed by atoms with van der Waals surface area (Å²) in [5.41, 5.74) is 0. The average molecular weight is 1490 g/mol. The molecule has 36 bridgehead atoms. The second-order valence-electron chi connectivity index (χ2n) is 44.6. The largest absolute Gasteiger partial charge is 0.286 e. The molecule has 44 aliphatic heterocycles. The standard InChI is InChI=1S/C96H168N12/c1-2-62-15-39-74(40-16-62)86-99-89-77-45-21-65(22-46-77)7-9-69-29-53-81(54-30-69)93-103-91-79-49-25-67(26-50-79)5-3-63-17-41-75(42-18-63)87-97-85(73-37-13-61(1)14-38-73)98-88(101-87)76-43-19-64(20-44-76)4-6-68-27-51-80(52-28-68)92-104-94(82-55-31-70(32-56-82)10-8-66-23-47-78(48-24-66)90(100-86)102-89)108-96(106-92)84-59-35-72(36-60-84)12-11-71-33-57-83(58-34-71)95(105-91)107-93/h61-108H,1-60H2. The van der Waals surface area contributed by atoms with E-state index in [1.165, 1.54) is 385 Å². The summed E-state index contributed by atoms with van der Waals surface area (Å²) in [6.07, 6.45) is 93.5. The molecule has 0 aromatic heterocycles. The molecule has 12 aliphatic carbocycles. The van der Waals surface area contributed by atoms with Crippen LogP contribution in [0.1, 0.15) is 385 Å². The molecule has 56 fully saturated rings. The van der Waals surface area contributed by atoms with Gasteiger partial charge in [0.1, 0.15) is 0 Å². The zero-order chi connectivity index (χ0) is 71.7. The van der Waals surface area contributed by atoms with Gasteiger partial charge < -0.3 is 0 Å². The molecule has 12 N–H and O–H groups in total. The third kappa shape index (κ3) is 19.1. The SMILES string of the molecule is C1CC2CCC(CC2)C2NC3NC(N2)C2CCC(CCC4CCC(CC4)C4NC5NC(N4)C4CCC(CCC6CCC(CC6)C6NC(NC(N6)C6CCC(CCC7CCC3CC7)CC6)C3CCC(CCC6CCC(CC6)C6NC(NC(N6)C6CCC(CCC7CCC5CC7)CC6)C5CCC1CC5)CC3)CC4)CC2. The third-order valence-corrected chi connectivity index (χ3v) is 38.6. The van der Waals surface area contributed by atoms with Crippen molar-refractivity contribution in [2.24, 2.45) is 142 Å². The molecule has 12 saturated carbocycles. The first-order valence-corrected chi connectivity index (χ1v) is 50.4. The van der Waals surface area contributed by atoms with Gasteiger partial charge >= 0.3 is 0 Å². The molecule has 44 heterocycles. The molecule has 0 radical (unpaired) electrons. The molecular formula is C96H168N12. The summed E-state index contributed by atoms with van der Waals surface area (Å²) >= 11 is 0. The zero-order valence-corrected chi connectivity index (χ0v) is 69.2. The molecule has 0 amide bonds. The van der Waals surface area contributed by atoms with Crippen molar-refractivity contribution in [1.29, 1.82) is 0 Å². The Morgan fingerprint density at radius 3 is 0.194 bits per heavy atom. The molecular weight excluding hydrogens is 1320 g/mol. The Balaban J connectivity index is 0.596. The molecule has 56 aliphatic rings. The van der Waals surface area contributed by atoms with Gasteiger partial charge in [0.05, 0.1) is 74.0 Å². The number of rotatable bonds is 0. The van der Waals surface area contributed by atoms with E-state index in [0.29, 0.717) is 74.0 Å². The summed E-state index contributed by atoms with van der Waals surface area (Å²) in [5, 5.41) is 53.8. The Labute approximate surface area is 661 Å². The van der Waals surface area contributed by atoms with Crippen LogP contribution < -0.4 is 63.8 Å². The summed E-state index contributed by atoms with van der Waals surface area (Å²) in [6, 6.07) is 0. The van der Waals surface area contributed by atoms with Crippen molar-refractivity contribution in [3.8, 4) is 0 Å². The van der Waals surface area contributed by atoms with E-state index in [2.05, 4.69) is 63.8 Å². The van der Waals surface area contributed by atoms with Crippen molar-refractivity contribution in [3.05, 3.63) is 0 Å². The second-order valence-corrected chi connectivity index (χ2v) is 44.6. The summed E-state index contributed by atoms with van der Waals surface area (Å²) in [4.78, 5) is 0. The van der Waals surface area contributed by atoms with Crippen LogP contribution in [0.15, 0.2) is 0 Å². The van der Waals surface area contributed by atoms with Crippen LogP contribution in [0.5, 0.6) is 0 Å². The highest BCUT2D eigenvalue weighted by molar-refractivity contribution is 5.03. The van der Waals surface area contributed by atoms with Gasteiger partial charge in [-0.1, -0.05) is 231 Å². The smallest absolute Gasteiger partial charge is 0.0624 e. The Kier molecular flexibility index (Phi) is 26.4. The van der Waals surface area contributed by atoms with Gasteiger partial charge in [0.25, 0.3) is 0 Å². The Morgan fingerprint density at radius 2 is 0.130 bits per heavy atom. The quantitative estimate of drug-likeness (QED) is 0.112. The molecule has 108 heavy (non-hydrogen) atoms. The molecule has 0 aromatic rings. The van der Waals surface area contributed by atoms with Crippen LogP contribution in [0.25, 0.3) is 0 Å². The maximum Gasteiger partial charge on any atom is 0.0624 e. The van der Waals surface area contributed by atoms with Crippen LogP contribution >= 0.6 is 0 Å². The summed E-state index contributed by atoms with van der Waals surface area (Å²) in [6.45, 7) is 0. The molecule has 56 rings (SSSR count). The van der Waals surface area contributed by atoms with Gasteiger partial charge in [-0.25, -0.2) is 0 Å². The van der Waals surface area contributed by atoms with Crippen LogP contribution in [0, 0.1) is 142 Å². The monoisotopic (exact) mass is 1490 g/mol. The second kappa shape index (κ2) is 36.8. The minimum atomic E-state index is 0.476. The first-order chi connectivity index (χ1) is 53.3. The van der Waals surface area contributed by atoms with E-state index in [1.807, 2.05) is 0 Å². The molecule has 0 spiro atoms. The van der Waals surface area contributed by atoms with Crippen molar-refractivity contribution >= 4 is 0 Å². The highest BCUT2D eigenvalue weighted by Crippen LogP contribution is 2.49. The normalized spacial score (nSPS) is 52.0. The lowest BCUT2D eigenvalue weighted by atomic mass is 9.72. The lowest BCUT2D eigenvalue weighted by molar-refractivity contribution is 0.0427. The molecule has 0 atom stereocenters. The summed E-state index contributed by atoms with van der Waals surface area (Å²) in [5.74, 6) is 20.7. The molecule has 0 unspecified atom stereocenters. The van der Waals surface area contributed by atoms with Gasteiger partial charge in [0.15, 0.2) is 0 Å². The number of hydrogen-bond donors (Lipinski definition) is 12. The maximum absolute atomic E-state index is 4.48. The molecule has 0 aromatic carbocycles. The number of hydrogen-bond acceptors (Lipinski definition) is 12. The van der Waals surface area contributed by atoms with E-state index < -0.39 is 0 Å². The third-order valence-electron chi connectivity index (χ3n) is 38.6. The van der Waals surface area contributed by atoms with Gasteiger partial charge in [0, 0.05) is 0 Å². The van der Waals surface area contributed by atoms with Gasteiger partial charge in [-0.15, -0.1) is 0 Å². The van der Waals surface area contributed by atoms with Crippen LogP contribution in [0.2, 0.25) is 0 Å². The minimum Gasteiger partial charge on any atom is -0.286 e. The topological polar surface area (TPSA) is 144 Å². The molecule has 12 heteroatoms. The lowest BCUT2D eigenvalue weighted by Gasteiger charge is -2.50. The van der Waals surface area contributed by atoms with Crippen molar-refractivity contribution in [2.45, 2.75) is 459 Å². The van der Waals surface area contributed by atoms with Crippen LogP contribution in [-0.2, 0) is 0 Å². The minimum absolute atomic E-state index is 0.476. The fourth-order valence-corrected chi connectivity index (χ4v) is 30.7. The molecule has 44 saturated heterocycles. The van der Waals surface area contributed by atoms with Crippen molar-refractivity contribution in [1.82, 2.24) is 63.8 Å². The maximum atomic E-state index is 4.48. The fraction of sp³-hybridized carbons (Fsp3) is 1.00. The van der Waals surface area contributed by atoms with Crippen LogP contribution in [0.3, 0.4) is 0 Å². The number of nitrogens with one attached hydrogen (secondary N) is 12. The zero-order valence-electron chi connectivity index (χ0n) is 69.2.